The van der Waals surface area contributed by atoms with E-state index in [4.69, 9.17) is 4.98 Å². The van der Waals surface area contributed by atoms with Crippen LogP contribution in [0.4, 0.5) is 17.5 Å². The predicted octanol–water partition coefficient (Wildman–Crippen LogP) is 8.59. The molecule has 1 atom stereocenters. The summed E-state index contributed by atoms with van der Waals surface area (Å²) in [6, 6.07) is 9.95. The summed E-state index contributed by atoms with van der Waals surface area (Å²) in [6.07, 6.45) is 10.3. The topological polar surface area (TPSA) is 58.1 Å². The molecule has 1 unspecified atom stereocenters. The minimum Gasteiger partial charge on any atom is -0.324 e. The minimum absolute atomic E-state index is 0.0855. The molecule has 2 aliphatic rings. The van der Waals surface area contributed by atoms with Crippen LogP contribution >= 0.6 is 11.6 Å². The number of alkyl halides is 1. The van der Waals surface area contributed by atoms with Gasteiger partial charge in [0, 0.05) is 23.8 Å². The van der Waals surface area contributed by atoms with Gasteiger partial charge in [-0.25, -0.2) is 4.98 Å². The van der Waals surface area contributed by atoms with Gasteiger partial charge in [0.2, 0.25) is 11.9 Å². The average Bonchev–Trinajstić information content (AvgIpc) is 3.36. The molecule has 1 aliphatic carbocycles. The molecule has 0 spiro atoms. The monoisotopic (exact) mass is 512 g/mol. The van der Waals surface area contributed by atoms with Crippen molar-refractivity contribution < 1.29 is 4.79 Å². The van der Waals surface area contributed by atoms with Gasteiger partial charge in [-0.15, -0.1) is 18.2 Å². The molecule has 1 aliphatic heterocycles. The molecule has 1 aromatic heterocycles. The molecule has 0 saturated carbocycles. The molecule has 4 rings (SSSR count). The summed E-state index contributed by atoms with van der Waals surface area (Å²) in [5.41, 5.74) is 4.02. The molecule has 0 bridgehead atoms. The van der Waals surface area contributed by atoms with E-state index in [1.165, 1.54) is 17.5 Å². The fraction of sp³-hybridized carbons (Fsp3) is 0.500. The standard InChI is InChI=1S/C25H30N4O.2C2H6.CH3Cl/c1-5-6-8-13-19-17(2)14-15-21(19)29-22-20(25(3,4)23(29)30)16-26-24(28-22)27-18-11-9-7-10-12-18;3*1-2/h5,7,9-12,16,21H,1,6,8,13-15H2,2-4H3,(H,26,27,28);2*1-2H3;1H3. The summed E-state index contributed by atoms with van der Waals surface area (Å²) in [7, 11) is 0. The number of halogens is 1. The van der Waals surface area contributed by atoms with Crippen LogP contribution in [-0.4, -0.2) is 28.3 Å². The maximum atomic E-state index is 13.5. The number of carbonyl (C=O) groups excluding carboxylic acids is 1. The van der Waals surface area contributed by atoms with Gasteiger partial charge in [-0.3, -0.25) is 9.69 Å². The number of fused-ring (bicyclic) bond motifs is 1. The molecule has 36 heavy (non-hydrogen) atoms. The Labute approximate surface area is 224 Å². The number of nitrogens with zero attached hydrogens (tertiary/aromatic N) is 3. The Bertz CT molecular complexity index is 1000. The van der Waals surface area contributed by atoms with Crippen LogP contribution in [0.1, 0.15) is 86.1 Å². The number of hydrogen-bond donors (Lipinski definition) is 1. The third-order valence-electron chi connectivity index (χ3n) is 6.36. The van der Waals surface area contributed by atoms with Crippen molar-refractivity contribution in [1.29, 1.82) is 0 Å². The zero-order chi connectivity index (χ0) is 27.3. The number of benzene rings is 1. The summed E-state index contributed by atoms with van der Waals surface area (Å²) < 4.78 is 0. The molecule has 2 aromatic rings. The van der Waals surface area contributed by atoms with Crippen LogP contribution in [0.5, 0.6) is 0 Å². The van der Waals surface area contributed by atoms with Gasteiger partial charge in [-0.2, -0.15) is 4.98 Å². The van der Waals surface area contributed by atoms with E-state index >= 15 is 0 Å². The Morgan fingerprint density at radius 1 is 1.17 bits per heavy atom. The molecule has 2 heterocycles. The maximum absolute atomic E-state index is 13.5. The number of allylic oxidation sites excluding steroid dienone is 2. The van der Waals surface area contributed by atoms with Crippen molar-refractivity contribution in [2.24, 2.45) is 0 Å². The lowest BCUT2D eigenvalue weighted by Gasteiger charge is -2.28. The van der Waals surface area contributed by atoms with E-state index in [1.54, 1.807) is 0 Å². The van der Waals surface area contributed by atoms with Crippen LogP contribution in [0.15, 0.2) is 60.3 Å². The highest BCUT2D eigenvalue weighted by Gasteiger charge is 2.49. The first-order valence-corrected chi connectivity index (χ1v) is 13.9. The van der Waals surface area contributed by atoms with Crippen LogP contribution in [-0.2, 0) is 10.2 Å². The van der Waals surface area contributed by atoms with Gasteiger partial charge in [-0.1, -0.05) is 57.5 Å². The van der Waals surface area contributed by atoms with E-state index in [0.29, 0.717) is 5.95 Å². The molecule has 1 aromatic carbocycles. The second kappa shape index (κ2) is 15.5. The van der Waals surface area contributed by atoms with Crippen LogP contribution in [0.3, 0.4) is 0 Å². The summed E-state index contributed by atoms with van der Waals surface area (Å²) in [5, 5.41) is 3.27. The van der Waals surface area contributed by atoms with E-state index in [0.717, 1.165) is 49.2 Å². The second-order valence-corrected chi connectivity index (χ2v) is 8.76. The first-order valence-electron chi connectivity index (χ1n) is 13.1. The highest BCUT2D eigenvalue weighted by Crippen LogP contribution is 2.45. The number of para-hydroxylation sites is 1. The maximum Gasteiger partial charge on any atom is 0.239 e. The fourth-order valence-electron chi connectivity index (χ4n) is 4.58. The zero-order valence-electron chi connectivity index (χ0n) is 23.5. The number of nitrogens with one attached hydrogen (secondary N) is 1. The van der Waals surface area contributed by atoms with Gasteiger partial charge >= 0.3 is 0 Å². The van der Waals surface area contributed by atoms with Gasteiger partial charge < -0.3 is 5.32 Å². The van der Waals surface area contributed by atoms with Crippen molar-refractivity contribution >= 4 is 35.0 Å². The van der Waals surface area contributed by atoms with E-state index in [2.05, 4.69) is 35.4 Å². The second-order valence-electron chi connectivity index (χ2n) is 8.76. The lowest BCUT2D eigenvalue weighted by atomic mass is 9.88. The molecule has 0 fully saturated rings. The van der Waals surface area contributed by atoms with Gasteiger partial charge in [0.05, 0.1) is 11.5 Å². The first-order chi connectivity index (χ1) is 17.4. The molecular weight excluding hydrogens is 468 g/mol. The Morgan fingerprint density at radius 2 is 1.81 bits per heavy atom. The average molecular weight is 513 g/mol. The lowest BCUT2D eigenvalue weighted by molar-refractivity contribution is -0.122. The van der Waals surface area contributed by atoms with Gasteiger partial charge in [-0.05, 0) is 70.6 Å². The number of aromatic nitrogens is 2. The molecule has 6 heteroatoms. The number of amides is 1. The predicted molar refractivity (Wildman–Crippen MR) is 157 cm³/mol. The number of anilines is 3. The van der Waals surface area contributed by atoms with Gasteiger partial charge in [0.25, 0.3) is 0 Å². The van der Waals surface area contributed by atoms with Crippen LogP contribution in [0.25, 0.3) is 0 Å². The summed E-state index contributed by atoms with van der Waals surface area (Å²) in [4.78, 5) is 24.8. The smallest absolute Gasteiger partial charge is 0.239 e. The van der Waals surface area contributed by atoms with E-state index in [-0.39, 0.29) is 11.9 Å². The third kappa shape index (κ3) is 6.97. The number of hydrogen-bond acceptors (Lipinski definition) is 4. The van der Waals surface area contributed by atoms with Crippen molar-refractivity contribution in [3.63, 3.8) is 0 Å². The molecule has 1 N–H and O–H groups in total. The van der Waals surface area contributed by atoms with Crippen LogP contribution in [0.2, 0.25) is 0 Å². The lowest BCUT2D eigenvalue weighted by Crippen LogP contribution is -2.43. The normalized spacial score (nSPS) is 17.1. The van der Waals surface area contributed by atoms with Crippen molar-refractivity contribution in [3.05, 3.63) is 65.9 Å². The highest BCUT2D eigenvalue weighted by atomic mass is 35.5. The number of rotatable bonds is 7. The molecule has 0 saturated heterocycles. The van der Waals surface area contributed by atoms with Crippen molar-refractivity contribution in [1.82, 2.24) is 9.97 Å². The highest BCUT2D eigenvalue weighted by molar-refractivity contribution is 6.15. The molecule has 5 nitrogen and oxygen atoms in total. The van der Waals surface area contributed by atoms with Crippen LogP contribution in [0, 0.1) is 0 Å². The SMILES string of the molecule is C=CCCCC1=C(C)CCC1N1C(=O)C(C)(C)c2cnc(Nc3ccccc3)nc21.CC.CC.CCl. The minimum atomic E-state index is -0.622. The van der Waals surface area contributed by atoms with Crippen molar-refractivity contribution in [2.45, 2.75) is 92.0 Å². The largest absolute Gasteiger partial charge is 0.324 e. The van der Waals surface area contributed by atoms with Crippen molar-refractivity contribution in [2.75, 3.05) is 16.6 Å². The molecule has 1 amide bonds. The molecular formula is C30H45ClN4O. The Morgan fingerprint density at radius 3 is 2.42 bits per heavy atom. The van der Waals surface area contributed by atoms with Gasteiger partial charge in [0.1, 0.15) is 5.82 Å². The summed E-state index contributed by atoms with van der Waals surface area (Å²) in [6.45, 7) is 18.0. The number of unbranched alkanes of at least 4 members (excludes halogenated alkanes) is 1. The number of carbonyl (C=O) groups is 1. The van der Waals surface area contributed by atoms with E-state index in [9.17, 15) is 4.79 Å². The Hall–Kier alpha value is -2.66. The molecule has 0 radical (unpaired) electrons. The van der Waals surface area contributed by atoms with Crippen molar-refractivity contribution in [3.8, 4) is 0 Å². The van der Waals surface area contributed by atoms with E-state index in [1.807, 2.05) is 89.0 Å². The third-order valence-corrected chi connectivity index (χ3v) is 6.36. The first kappa shape index (κ1) is 31.4. The summed E-state index contributed by atoms with van der Waals surface area (Å²) in [5.74, 6) is 1.38. The Balaban J connectivity index is 0.00000101. The molecule has 198 valence electrons. The van der Waals surface area contributed by atoms with Gasteiger partial charge in [0.15, 0.2) is 0 Å². The summed E-state index contributed by atoms with van der Waals surface area (Å²) >= 11 is 4.64. The Kier molecular flexibility index (Phi) is 13.5. The quantitative estimate of drug-likeness (QED) is 0.229. The fourth-order valence-corrected chi connectivity index (χ4v) is 4.58. The van der Waals surface area contributed by atoms with E-state index < -0.39 is 5.41 Å². The zero-order valence-corrected chi connectivity index (χ0v) is 24.2. The van der Waals surface area contributed by atoms with Crippen LogP contribution < -0.4 is 10.2 Å².